The molecule has 2 nitrogen and oxygen atoms in total. The van der Waals surface area contributed by atoms with Crippen molar-refractivity contribution >= 4 is 5.97 Å². The van der Waals surface area contributed by atoms with Crippen molar-refractivity contribution in [2.75, 3.05) is 6.61 Å². The second-order valence-electron chi connectivity index (χ2n) is 4.89. The summed E-state index contributed by atoms with van der Waals surface area (Å²) in [5.74, 6) is -0.0984. The highest BCUT2D eigenvalue weighted by atomic mass is 16.5. The average molecular weight is 266 g/mol. The lowest BCUT2D eigenvalue weighted by atomic mass is 10.1. The lowest BCUT2D eigenvalue weighted by Gasteiger charge is -2.02. The van der Waals surface area contributed by atoms with Crippen LogP contribution in [0.15, 0.2) is 24.8 Å². The van der Waals surface area contributed by atoms with Crippen molar-refractivity contribution in [3.05, 3.63) is 24.8 Å². The minimum atomic E-state index is -0.0984. The molecule has 0 N–H and O–H groups in total. The Kier molecular flexibility index (Phi) is 14.2. The third-order valence-electron chi connectivity index (χ3n) is 3.00. The molecule has 0 aromatic rings. The molecule has 0 aliphatic carbocycles. The molecule has 0 saturated heterocycles. The molecule has 0 unspecified atom stereocenters. The van der Waals surface area contributed by atoms with E-state index in [1.165, 1.54) is 44.9 Å². The summed E-state index contributed by atoms with van der Waals surface area (Å²) >= 11 is 0. The molecule has 0 spiro atoms. The maximum Gasteiger partial charge on any atom is 0.306 e. The summed E-state index contributed by atoms with van der Waals surface area (Å²) < 4.78 is 4.92. The highest BCUT2D eigenvalue weighted by molar-refractivity contribution is 5.69. The Balaban J connectivity index is 3.16. The normalized spacial score (nSPS) is 10.8. The summed E-state index contributed by atoms with van der Waals surface area (Å²) in [6.07, 6.45) is 17.6. The van der Waals surface area contributed by atoms with E-state index in [2.05, 4.69) is 25.7 Å². The van der Waals surface area contributed by atoms with Crippen molar-refractivity contribution in [1.29, 1.82) is 0 Å². The van der Waals surface area contributed by atoms with Gasteiger partial charge >= 0.3 is 5.97 Å². The zero-order chi connectivity index (χ0) is 14.2. The second kappa shape index (κ2) is 15.0. The fourth-order valence-electron chi connectivity index (χ4n) is 1.84. The van der Waals surface area contributed by atoms with Gasteiger partial charge in [-0.3, -0.25) is 4.79 Å². The van der Waals surface area contributed by atoms with E-state index in [1.54, 1.807) is 6.08 Å². The Hall–Kier alpha value is -1.05. The fourth-order valence-corrected chi connectivity index (χ4v) is 1.84. The first-order valence-electron chi connectivity index (χ1n) is 7.72. The van der Waals surface area contributed by atoms with Gasteiger partial charge in [0.1, 0.15) is 6.61 Å². The predicted molar refractivity (Wildman–Crippen MR) is 82.1 cm³/mol. The van der Waals surface area contributed by atoms with E-state index in [9.17, 15) is 4.79 Å². The third-order valence-corrected chi connectivity index (χ3v) is 3.00. The van der Waals surface area contributed by atoms with Crippen LogP contribution in [-0.4, -0.2) is 12.6 Å². The maximum atomic E-state index is 11.2. The van der Waals surface area contributed by atoms with Crippen LogP contribution in [-0.2, 0) is 9.53 Å². The standard InChI is InChI=1S/C17H30O2/c1-3-5-6-7-8-9-10-11-12-13-14-15-17(18)19-16-4-2/h4,7-8H,2-3,5-6,9-16H2,1H3/b8-7-. The van der Waals surface area contributed by atoms with Gasteiger partial charge in [0.25, 0.3) is 0 Å². The number of rotatable bonds is 13. The number of unbranched alkanes of at least 4 members (excludes halogenated alkanes) is 7. The molecule has 0 aliphatic rings. The maximum absolute atomic E-state index is 11.2. The molecular weight excluding hydrogens is 236 g/mol. The van der Waals surface area contributed by atoms with Crippen molar-refractivity contribution in [3.63, 3.8) is 0 Å². The molecule has 0 fully saturated rings. The van der Waals surface area contributed by atoms with E-state index in [-0.39, 0.29) is 5.97 Å². The molecule has 0 atom stereocenters. The number of hydrogen-bond donors (Lipinski definition) is 0. The van der Waals surface area contributed by atoms with Gasteiger partial charge in [0, 0.05) is 6.42 Å². The molecule has 19 heavy (non-hydrogen) atoms. The lowest BCUT2D eigenvalue weighted by molar-refractivity contribution is -0.142. The zero-order valence-electron chi connectivity index (χ0n) is 12.5. The van der Waals surface area contributed by atoms with Gasteiger partial charge in [-0.2, -0.15) is 0 Å². The first kappa shape index (κ1) is 17.9. The molecule has 0 aromatic carbocycles. The molecule has 2 heteroatoms. The molecule has 110 valence electrons. The predicted octanol–water partition coefficient (Wildman–Crippen LogP) is 5.19. The molecule has 0 aromatic heterocycles. The quantitative estimate of drug-likeness (QED) is 0.260. The smallest absolute Gasteiger partial charge is 0.306 e. The van der Waals surface area contributed by atoms with E-state index in [1.807, 2.05) is 0 Å². The molecule has 0 rings (SSSR count). The van der Waals surface area contributed by atoms with Gasteiger partial charge < -0.3 is 4.74 Å². The molecule has 0 heterocycles. The summed E-state index contributed by atoms with van der Waals surface area (Å²) in [5, 5.41) is 0. The molecular formula is C17H30O2. The monoisotopic (exact) mass is 266 g/mol. The number of hydrogen-bond acceptors (Lipinski definition) is 2. The number of carbonyl (C=O) groups is 1. The van der Waals surface area contributed by atoms with Crippen LogP contribution in [0.3, 0.4) is 0 Å². The Morgan fingerprint density at radius 1 is 1.00 bits per heavy atom. The molecule has 0 aliphatic heterocycles. The zero-order valence-corrected chi connectivity index (χ0v) is 12.5. The Morgan fingerprint density at radius 3 is 2.32 bits per heavy atom. The van der Waals surface area contributed by atoms with Crippen LogP contribution in [0.5, 0.6) is 0 Å². The van der Waals surface area contributed by atoms with Crippen LogP contribution in [0.25, 0.3) is 0 Å². The van der Waals surface area contributed by atoms with Crippen LogP contribution < -0.4 is 0 Å². The first-order chi connectivity index (χ1) is 9.31. The second-order valence-corrected chi connectivity index (χ2v) is 4.89. The SMILES string of the molecule is C=CCOC(=O)CCCCCCC/C=C\CCCC. The third kappa shape index (κ3) is 14.9. The fraction of sp³-hybridized carbons (Fsp3) is 0.706. The van der Waals surface area contributed by atoms with Crippen LogP contribution in [0.1, 0.15) is 71.1 Å². The minimum Gasteiger partial charge on any atom is -0.461 e. The molecule has 0 radical (unpaired) electrons. The Morgan fingerprint density at radius 2 is 1.63 bits per heavy atom. The average Bonchev–Trinajstić information content (AvgIpc) is 2.42. The number of ether oxygens (including phenoxy) is 1. The van der Waals surface area contributed by atoms with E-state index < -0.39 is 0 Å². The molecule has 0 bridgehead atoms. The van der Waals surface area contributed by atoms with E-state index in [0.29, 0.717) is 13.0 Å². The van der Waals surface area contributed by atoms with Gasteiger partial charge in [-0.05, 0) is 25.7 Å². The van der Waals surface area contributed by atoms with E-state index >= 15 is 0 Å². The Bertz CT molecular complexity index is 244. The van der Waals surface area contributed by atoms with Gasteiger partial charge in [0.15, 0.2) is 0 Å². The van der Waals surface area contributed by atoms with Gasteiger partial charge in [-0.15, -0.1) is 0 Å². The largest absolute Gasteiger partial charge is 0.461 e. The first-order valence-corrected chi connectivity index (χ1v) is 7.72. The summed E-state index contributed by atoms with van der Waals surface area (Å²) in [4.78, 5) is 11.2. The van der Waals surface area contributed by atoms with Crippen molar-refractivity contribution in [2.45, 2.75) is 71.1 Å². The highest BCUT2D eigenvalue weighted by Crippen LogP contribution is 2.08. The van der Waals surface area contributed by atoms with Crippen molar-refractivity contribution in [3.8, 4) is 0 Å². The van der Waals surface area contributed by atoms with Crippen molar-refractivity contribution in [2.24, 2.45) is 0 Å². The van der Waals surface area contributed by atoms with Crippen LogP contribution >= 0.6 is 0 Å². The summed E-state index contributed by atoms with van der Waals surface area (Å²) in [5.41, 5.74) is 0. The van der Waals surface area contributed by atoms with Crippen LogP contribution in [0, 0.1) is 0 Å². The van der Waals surface area contributed by atoms with Crippen LogP contribution in [0.2, 0.25) is 0 Å². The lowest BCUT2D eigenvalue weighted by Crippen LogP contribution is -2.03. The van der Waals surface area contributed by atoms with Crippen LogP contribution in [0.4, 0.5) is 0 Å². The minimum absolute atomic E-state index is 0.0984. The van der Waals surface area contributed by atoms with Gasteiger partial charge in [0.2, 0.25) is 0 Å². The number of allylic oxidation sites excluding steroid dienone is 2. The van der Waals surface area contributed by atoms with Crippen molar-refractivity contribution in [1.82, 2.24) is 0 Å². The summed E-state index contributed by atoms with van der Waals surface area (Å²) in [7, 11) is 0. The van der Waals surface area contributed by atoms with E-state index in [4.69, 9.17) is 4.74 Å². The number of carbonyl (C=O) groups excluding carboxylic acids is 1. The topological polar surface area (TPSA) is 26.3 Å². The molecule has 0 saturated carbocycles. The highest BCUT2D eigenvalue weighted by Gasteiger charge is 2.00. The summed E-state index contributed by atoms with van der Waals surface area (Å²) in [6.45, 7) is 6.07. The van der Waals surface area contributed by atoms with Gasteiger partial charge in [-0.25, -0.2) is 0 Å². The van der Waals surface area contributed by atoms with Gasteiger partial charge in [-0.1, -0.05) is 63.8 Å². The van der Waals surface area contributed by atoms with Gasteiger partial charge in [0.05, 0.1) is 0 Å². The Labute approximate surface area is 118 Å². The van der Waals surface area contributed by atoms with Crippen molar-refractivity contribution < 1.29 is 9.53 Å². The van der Waals surface area contributed by atoms with E-state index in [0.717, 1.165) is 12.8 Å². The number of esters is 1. The summed E-state index contributed by atoms with van der Waals surface area (Å²) in [6, 6.07) is 0. The molecule has 0 amide bonds.